The number of hydrogen-bond acceptors (Lipinski definition) is 4. The van der Waals surface area contributed by atoms with E-state index in [1.54, 1.807) is 13.1 Å². The summed E-state index contributed by atoms with van der Waals surface area (Å²) in [5.74, 6) is -1.52. The van der Waals surface area contributed by atoms with E-state index in [0.717, 1.165) is 0 Å². The van der Waals surface area contributed by atoms with Gasteiger partial charge in [-0.2, -0.15) is 0 Å². The van der Waals surface area contributed by atoms with Crippen molar-refractivity contribution in [3.8, 4) is 11.5 Å². The third-order valence-corrected chi connectivity index (χ3v) is 3.38. The first kappa shape index (κ1) is 14.6. The second kappa shape index (κ2) is 5.46. The van der Waals surface area contributed by atoms with Crippen molar-refractivity contribution in [3.05, 3.63) is 23.8 Å². The molecular weight excluding hydrogens is 258 g/mol. The largest absolute Gasteiger partial charge is 0.504 e. The molecule has 0 radical (unpaired) electrons. The number of halogens is 1. The van der Waals surface area contributed by atoms with Gasteiger partial charge in [-0.1, -0.05) is 6.07 Å². The maximum Gasteiger partial charge on any atom is 0.323 e. The predicted octanol–water partition coefficient (Wildman–Crippen LogP) is 1.83. The van der Waals surface area contributed by atoms with Gasteiger partial charge in [0.15, 0.2) is 11.5 Å². The summed E-state index contributed by atoms with van der Waals surface area (Å²) in [6, 6.07) is 4.19. The molecule has 100 valence electrons. The zero-order valence-corrected chi connectivity index (χ0v) is 10.9. The van der Waals surface area contributed by atoms with Gasteiger partial charge in [0.05, 0.1) is 5.38 Å². The fraction of sp³-hybridized carbons (Fsp3) is 0.417. The van der Waals surface area contributed by atoms with Gasteiger partial charge in [0.1, 0.15) is 5.54 Å². The molecule has 1 aromatic rings. The van der Waals surface area contributed by atoms with Crippen LogP contribution in [-0.4, -0.2) is 33.9 Å². The molecule has 1 aromatic carbocycles. The van der Waals surface area contributed by atoms with Gasteiger partial charge < -0.3 is 20.6 Å². The minimum atomic E-state index is -1.15. The lowest BCUT2D eigenvalue weighted by molar-refractivity contribution is -0.144. The molecule has 0 fully saturated rings. The molecule has 4 N–H and O–H groups in total. The standard InChI is InChI=1S/C12H16ClNO4/c1-12(14-2,11(17)18)6-8(13)7-3-4-9(15)10(16)5-7/h3-5,8,14-16H,6H2,1-2H3,(H,17,18)/t8?,12-/m0/s1. The smallest absolute Gasteiger partial charge is 0.323 e. The van der Waals surface area contributed by atoms with Crippen molar-refractivity contribution in [2.45, 2.75) is 24.3 Å². The van der Waals surface area contributed by atoms with Crippen molar-refractivity contribution in [1.82, 2.24) is 5.32 Å². The van der Waals surface area contributed by atoms with E-state index in [1.807, 2.05) is 0 Å². The highest BCUT2D eigenvalue weighted by atomic mass is 35.5. The average molecular weight is 274 g/mol. The van der Waals surface area contributed by atoms with Crippen molar-refractivity contribution in [2.75, 3.05) is 7.05 Å². The molecule has 0 spiro atoms. The van der Waals surface area contributed by atoms with Gasteiger partial charge in [-0.3, -0.25) is 4.79 Å². The van der Waals surface area contributed by atoms with Crippen LogP contribution in [0.2, 0.25) is 0 Å². The quantitative estimate of drug-likeness (QED) is 0.485. The van der Waals surface area contributed by atoms with Crippen LogP contribution in [0.4, 0.5) is 0 Å². The molecule has 0 bridgehead atoms. The summed E-state index contributed by atoms with van der Waals surface area (Å²) in [6.45, 7) is 1.53. The molecule has 18 heavy (non-hydrogen) atoms. The summed E-state index contributed by atoms with van der Waals surface area (Å²) in [5.41, 5.74) is -0.602. The summed E-state index contributed by atoms with van der Waals surface area (Å²) in [4.78, 5) is 11.1. The number of aromatic hydroxyl groups is 2. The van der Waals surface area contributed by atoms with Crippen molar-refractivity contribution in [1.29, 1.82) is 0 Å². The van der Waals surface area contributed by atoms with Gasteiger partial charge >= 0.3 is 5.97 Å². The van der Waals surface area contributed by atoms with E-state index in [0.29, 0.717) is 5.56 Å². The number of hydrogen-bond donors (Lipinski definition) is 4. The van der Waals surface area contributed by atoms with Crippen LogP contribution in [0.25, 0.3) is 0 Å². The van der Waals surface area contributed by atoms with E-state index in [4.69, 9.17) is 16.7 Å². The highest BCUT2D eigenvalue weighted by Gasteiger charge is 2.34. The number of phenolic OH excluding ortho intramolecular Hbond substituents is 2. The molecule has 0 saturated heterocycles. The van der Waals surface area contributed by atoms with Crippen molar-refractivity contribution < 1.29 is 20.1 Å². The lowest BCUT2D eigenvalue weighted by Crippen LogP contribution is -2.48. The lowest BCUT2D eigenvalue weighted by atomic mass is 9.93. The molecule has 0 aliphatic carbocycles. The minimum Gasteiger partial charge on any atom is -0.504 e. The SMILES string of the molecule is CN[C@@](C)(CC(Cl)c1ccc(O)c(O)c1)C(=O)O. The molecule has 5 nitrogen and oxygen atoms in total. The van der Waals surface area contributed by atoms with Gasteiger partial charge in [0.2, 0.25) is 0 Å². The third-order valence-electron chi connectivity index (χ3n) is 2.97. The minimum absolute atomic E-state index is 0.143. The topological polar surface area (TPSA) is 89.8 Å². The first-order chi connectivity index (χ1) is 8.30. The first-order valence-corrected chi connectivity index (χ1v) is 5.82. The van der Waals surface area contributed by atoms with E-state index in [9.17, 15) is 15.0 Å². The second-order valence-corrected chi connectivity index (χ2v) is 4.83. The number of likely N-dealkylation sites (N-methyl/N-ethyl adjacent to an activating group) is 1. The Labute approximate surface area is 110 Å². The monoisotopic (exact) mass is 273 g/mol. The summed E-state index contributed by atoms with van der Waals surface area (Å²) in [5, 5.41) is 29.8. The number of benzene rings is 1. The van der Waals surface area contributed by atoms with Gasteiger partial charge in [-0.15, -0.1) is 11.6 Å². The molecule has 2 atom stereocenters. The van der Waals surface area contributed by atoms with Gasteiger partial charge in [0.25, 0.3) is 0 Å². The summed E-state index contributed by atoms with van der Waals surface area (Å²) in [6.07, 6.45) is 0.143. The van der Waals surface area contributed by atoms with E-state index < -0.39 is 16.9 Å². The highest BCUT2D eigenvalue weighted by molar-refractivity contribution is 6.21. The zero-order valence-electron chi connectivity index (χ0n) is 10.1. The molecule has 1 rings (SSSR count). The lowest BCUT2D eigenvalue weighted by Gasteiger charge is -2.26. The highest BCUT2D eigenvalue weighted by Crippen LogP contribution is 2.34. The van der Waals surface area contributed by atoms with Crippen LogP contribution in [-0.2, 0) is 4.79 Å². The van der Waals surface area contributed by atoms with Gasteiger partial charge in [-0.25, -0.2) is 0 Å². The van der Waals surface area contributed by atoms with Crippen LogP contribution >= 0.6 is 11.6 Å². The Morgan fingerprint density at radius 3 is 2.50 bits per heavy atom. The number of aliphatic carboxylic acids is 1. The molecule has 0 amide bonds. The van der Waals surface area contributed by atoms with Crippen molar-refractivity contribution in [3.63, 3.8) is 0 Å². The number of nitrogens with one attached hydrogen (secondary N) is 1. The molecule has 1 unspecified atom stereocenters. The molecule has 0 heterocycles. The van der Waals surface area contributed by atoms with Crippen LogP contribution in [0.1, 0.15) is 24.3 Å². The summed E-state index contributed by atoms with van der Waals surface area (Å²) >= 11 is 6.14. The maximum atomic E-state index is 11.1. The fourth-order valence-corrected chi connectivity index (χ4v) is 1.95. The van der Waals surface area contributed by atoms with Crippen molar-refractivity contribution >= 4 is 17.6 Å². The number of carbonyl (C=O) groups is 1. The Balaban J connectivity index is 2.90. The van der Waals surface area contributed by atoms with Crippen LogP contribution in [0.15, 0.2) is 18.2 Å². The molecule has 0 aliphatic heterocycles. The number of rotatable bonds is 5. The average Bonchev–Trinajstić information content (AvgIpc) is 2.32. The Hall–Kier alpha value is -1.46. The molecule has 0 saturated carbocycles. The number of phenols is 2. The number of carboxylic acid groups (broad SMARTS) is 1. The predicted molar refractivity (Wildman–Crippen MR) is 68.1 cm³/mol. The van der Waals surface area contributed by atoms with Crippen molar-refractivity contribution in [2.24, 2.45) is 0 Å². The maximum absolute atomic E-state index is 11.1. The fourth-order valence-electron chi connectivity index (χ4n) is 1.51. The second-order valence-electron chi connectivity index (χ2n) is 4.31. The zero-order chi connectivity index (χ0) is 13.9. The van der Waals surface area contributed by atoms with Gasteiger partial charge in [-0.05, 0) is 38.1 Å². The summed E-state index contributed by atoms with van der Waals surface area (Å²) < 4.78 is 0. The van der Waals surface area contributed by atoms with E-state index in [2.05, 4.69) is 5.32 Å². The Morgan fingerprint density at radius 1 is 1.44 bits per heavy atom. The van der Waals surface area contributed by atoms with Crippen LogP contribution in [0.3, 0.4) is 0 Å². The van der Waals surface area contributed by atoms with Crippen LogP contribution in [0.5, 0.6) is 11.5 Å². The van der Waals surface area contributed by atoms with Crippen LogP contribution < -0.4 is 5.32 Å². The molecular formula is C12H16ClNO4. The number of alkyl halides is 1. The Morgan fingerprint density at radius 2 is 2.06 bits per heavy atom. The number of carboxylic acids is 1. The summed E-state index contributed by atoms with van der Waals surface area (Å²) in [7, 11) is 1.55. The molecule has 0 aliphatic rings. The van der Waals surface area contributed by atoms with E-state index >= 15 is 0 Å². The Kier molecular flexibility index (Phi) is 4.43. The van der Waals surface area contributed by atoms with E-state index in [1.165, 1.54) is 19.1 Å². The first-order valence-electron chi connectivity index (χ1n) is 5.38. The Bertz CT molecular complexity index is 452. The molecule has 0 aromatic heterocycles. The van der Waals surface area contributed by atoms with Gasteiger partial charge in [0, 0.05) is 0 Å². The third kappa shape index (κ3) is 3.05. The van der Waals surface area contributed by atoms with Crippen LogP contribution in [0, 0.1) is 0 Å². The molecule has 6 heteroatoms. The van der Waals surface area contributed by atoms with E-state index in [-0.39, 0.29) is 17.9 Å². The normalized spacial score (nSPS) is 15.9.